The summed E-state index contributed by atoms with van der Waals surface area (Å²) >= 11 is 0. The molecule has 152 valence electrons. The molecule has 2 heterocycles. The van der Waals surface area contributed by atoms with Crippen LogP contribution in [0, 0.1) is 17.0 Å². The summed E-state index contributed by atoms with van der Waals surface area (Å²) in [5.41, 5.74) is 1.16. The number of nitro benzene ring substituents is 1. The highest BCUT2D eigenvalue weighted by molar-refractivity contribution is 6.25. The van der Waals surface area contributed by atoms with Crippen LogP contribution in [0.25, 0.3) is 0 Å². The largest absolute Gasteiger partial charge is 0.319 e. The van der Waals surface area contributed by atoms with Crippen molar-refractivity contribution in [3.8, 4) is 0 Å². The minimum Gasteiger partial charge on any atom is -0.319 e. The number of benzene rings is 2. The van der Waals surface area contributed by atoms with Crippen molar-refractivity contribution in [2.45, 2.75) is 19.0 Å². The molecule has 0 saturated carbocycles. The molecule has 0 aromatic heterocycles. The monoisotopic (exact) mass is 408 g/mol. The lowest BCUT2D eigenvalue weighted by molar-refractivity contribution is -0.383. The van der Waals surface area contributed by atoms with Gasteiger partial charge in [-0.25, -0.2) is 4.90 Å². The van der Waals surface area contributed by atoms with E-state index in [0.717, 1.165) is 15.5 Å². The number of nitrogens with one attached hydrogen (secondary N) is 1. The third-order valence-corrected chi connectivity index (χ3v) is 4.83. The van der Waals surface area contributed by atoms with E-state index in [0.29, 0.717) is 5.69 Å². The molecule has 1 N–H and O–H groups in total. The normalized spacial score (nSPS) is 19.9. The molecule has 2 aliphatic rings. The minimum absolute atomic E-state index is 0.0234. The van der Waals surface area contributed by atoms with Crippen LogP contribution in [0.2, 0.25) is 0 Å². The first-order valence-corrected chi connectivity index (χ1v) is 9.02. The maximum atomic E-state index is 12.9. The fraction of sp³-hybridized carbons (Fsp3) is 0.211. The highest BCUT2D eigenvalue weighted by Crippen LogP contribution is 2.32. The lowest BCUT2D eigenvalue weighted by atomic mass is 10.1. The molecule has 30 heavy (non-hydrogen) atoms. The topological polar surface area (TPSA) is 138 Å². The number of imide groups is 1. The Labute approximate surface area is 170 Å². The number of carbonyl (C=O) groups is 3. The maximum Gasteiger partial charge on any atom is 0.292 e. The summed E-state index contributed by atoms with van der Waals surface area (Å²) in [5.74, 6) is -1.67. The molecule has 11 heteroatoms. The first-order valence-electron chi connectivity index (χ1n) is 9.02. The van der Waals surface area contributed by atoms with Crippen LogP contribution in [0.5, 0.6) is 0 Å². The number of nitrogens with zero attached hydrogens (tertiary/aromatic N) is 5. The van der Waals surface area contributed by atoms with Gasteiger partial charge in [0, 0.05) is 6.07 Å². The molecular weight excluding hydrogens is 392 g/mol. The Kier molecular flexibility index (Phi) is 4.70. The second-order valence-electron chi connectivity index (χ2n) is 6.86. The smallest absolute Gasteiger partial charge is 0.292 e. The van der Waals surface area contributed by atoms with Crippen LogP contribution in [-0.2, 0) is 14.4 Å². The fourth-order valence-electron chi connectivity index (χ4n) is 3.38. The fourth-order valence-corrected chi connectivity index (χ4v) is 3.38. The van der Waals surface area contributed by atoms with Crippen LogP contribution in [-0.4, -0.2) is 46.3 Å². The van der Waals surface area contributed by atoms with Crippen LogP contribution >= 0.6 is 0 Å². The van der Waals surface area contributed by atoms with Crippen LogP contribution in [0.15, 0.2) is 58.9 Å². The molecule has 11 nitrogen and oxygen atoms in total. The van der Waals surface area contributed by atoms with Crippen LogP contribution in [0.3, 0.4) is 0 Å². The Morgan fingerprint density at radius 1 is 1.13 bits per heavy atom. The Morgan fingerprint density at radius 3 is 2.53 bits per heavy atom. The van der Waals surface area contributed by atoms with Gasteiger partial charge in [0.2, 0.25) is 5.91 Å². The number of nitro groups is 1. The van der Waals surface area contributed by atoms with Gasteiger partial charge in [-0.15, -0.1) is 0 Å². The number of hydrogen-bond acceptors (Lipinski definition) is 8. The zero-order valence-electron chi connectivity index (χ0n) is 15.8. The molecule has 2 aromatic rings. The number of carbonyl (C=O) groups excluding carboxylic acids is 3. The average molecular weight is 408 g/mol. The van der Waals surface area contributed by atoms with Crippen molar-refractivity contribution in [3.63, 3.8) is 0 Å². The zero-order chi connectivity index (χ0) is 21.4. The van der Waals surface area contributed by atoms with Gasteiger partial charge in [0.25, 0.3) is 17.5 Å². The van der Waals surface area contributed by atoms with E-state index in [1.165, 1.54) is 18.2 Å². The zero-order valence-corrected chi connectivity index (χ0v) is 15.8. The number of aryl methyl sites for hydroxylation is 1. The van der Waals surface area contributed by atoms with Crippen molar-refractivity contribution < 1.29 is 19.3 Å². The van der Waals surface area contributed by atoms with E-state index < -0.39 is 41.3 Å². The molecule has 2 aliphatic heterocycles. The predicted molar refractivity (Wildman–Crippen MR) is 105 cm³/mol. The summed E-state index contributed by atoms with van der Waals surface area (Å²) < 4.78 is 0. The van der Waals surface area contributed by atoms with Gasteiger partial charge in [0.05, 0.1) is 10.6 Å². The lowest BCUT2D eigenvalue weighted by Crippen LogP contribution is -2.43. The van der Waals surface area contributed by atoms with Gasteiger partial charge in [0.15, 0.2) is 12.1 Å². The van der Waals surface area contributed by atoms with Gasteiger partial charge in [-0.05, 0) is 25.1 Å². The van der Waals surface area contributed by atoms with Gasteiger partial charge in [-0.3, -0.25) is 29.5 Å². The molecule has 0 bridgehead atoms. The Balaban J connectivity index is 1.50. The van der Waals surface area contributed by atoms with E-state index >= 15 is 0 Å². The lowest BCUT2D eigenvalue weighted by Gasteiger charge is -2.20. The summed E-state index contributed by atoms with van der Waals surface area (Å²) in [5, 5.41) is 22.3. The second-order valence-corrected chi connectivity index (χ2v) is 6.86. The molecule has 2 aromatic carbocycles. The number of amides is 3. The molecule has 0 spiro atoms. The maximum absolute atomic E-state index is 12.9. The van der Waals surface area contributed by atoms with E-state index in [9.17, 15) is 24.5 Å². The minimum atomic E-state index is -1.03. The summed E-state index contributed by atoms with van der Waals surface area (Å²) in [7, 11) is 0. The highest BCUT2D eigenvalue weighted by atomic mass is 16.6. The molecule has 4 rings (SSSR count). The van der Waals surface area contributed by atoms with E-state index in [-0.39, 0.29) is 11.4 Å². The number of para-hydroxylation sites is 2. The van der Waals surface area contributed by atoms with Gasteiger partial charge in [-0.1, -0.05) is 35.1 Å². The van der Waals surface area contributed by atoms with Crippen LogP contribution in [0.1, 0.15) is 5.56 Å². The molecule has 0 aliphatic carbocycles. The molecule has 3 amide bonds. The Hall–Kier alpha value is -4.15. The van der Waals surface area contributed by atoms with Crippen LogP contribution in [0.4, 0.5) is 17.1 Å². The highest BCUT2D eigenvalue weighted by Gasteiger charge is 2.55. The Morgan fingerprint density at radius 2 is 1.83 bits per heavy atom. The summed E-state index contributed by atoms with van der Waals surface area (Å²) in [6.07, 6.45) is 0. The van der Waals surface area contributed by atoms with Gasteiger partial charge in [0.1, 0.15) is 12.2 Å². The molecule has 2 atom stereocenters. The molecular formula is C19H16N6O5. The second kappa shape index (κ2) is 7.35. The quantitative estimate of drug-likeness (QED) is 0.455. The van der Waals surface area contributed by atoms with Crippen molar-refractivity contribution in [3.05, 3.63) is 64.2 Å². The summed E-state index contributed by atoms with van der Waals surface area (Å²) in [4.78, 5) is 49.5. The first-order chi connectivity index (χ1) is 14.4. The van der Waals surface area contributed by atoms with Crippen molar-refractivity contribution >= 4 is 34.8 Å². The molecule has 2 unspecified atom stereocenters. The molecule has 1 fully saturated rings. The van der Waals surface area contributed by atoms with Crippen molar-refractivity contribution in [2.24, 2.45) is 10.3 Å². The summed E-state index contributed by atoms with van der Waals surface area (Å²) in [6.45, 7) is 1.50. The van der Waals surface area contributed by atoms with Crippen LogP contribution < -0.4 is 10.2 Å². The SMILES string of the molecule is Cc1ccc(N2C(=O)C3N=NN(CC(=O)Nc4ccccc4[N+](=O)[O-])C3C2=O)cc1. The van der Waals surface area contributed by atoms with Gasteiger partial charge < -0.3 is 5.32 Å². The third kappa shape index (κ3) is 3.26. The van der Waals surface area contributed by atoms with Crippen molar-refractivity contribution in [2.75, 3.05) is 16.8 Å². The predicted octanol–water partition coefficient (Wildman–Crippen LogP) is 1.84. The van der Waals surface area contributed by atoms with E-state index in [2.05, 4.69) is 15.7 Å². The summed E-state index contributed by atoms with van der Waals surface area (Å²) in [6, 6.07) is 10.5. The van der Waals surface area contributed by atoms with E-state index in [4.69, 9.17) is 0 Å². The number of hydrogen-bond donors (Lipinski definition) is 1. The van der Waals surface area contributed by atoms with Gasteiger partial charge >= 0.3 is 0 Å². The number of anilines is 2. The average Bonchev–Trinajstić information content (AvgIpc) is 3.23. The standard InChI is InChI=1S/C19H16N6O5/c1-11-6-8-12(9-7-11)24-18(27)16-17(19(24)28)23(22-21-16)10-15(26)20-13-4-2-3-5-14(13)25(29)30/h2-9,16-17H,10H2,1H3,(H,20,26). The van der Waals surface area contributed by atoms with Crippen molar-refractivity contribution in [1.29, 1.82) is 0 Å². The number of rotatable bonds is 5. The Bertz CT molecular complexity index is 1080. The number of fused-ring (bicyclic) bond motifs is 1. The van der Waals surface area contributed by atoms with E-state index in [1.54, 1.807) is 30.3 Å². The molecule has 0 radical (unpaired) electrons. The molecule has 1 saturated heterocycles. The van der Waals surface area contributed by atoms with Gasteiger partial charge in [-0.2, -0.15) is 5.11 Å². The first kappa shape index (κ1) is 19.2. The third-order valence-electron chi connectivity index (χ3n) is 4.83. The van der Waals surface area contributed by atoms with Crippen molar-refractivity contribution in [1.82, 2.24) is 5.01 Å². The van der Waals surface area contributed by atoms with E-state index in [1.807, 2.05) is 6.92 Å².